The minimum absolute atomic E-state index is 0.0504. The third kappa shape index (κ3) is 3.40. The van der Waals surface area contributed by atoms with Gasteiger partial charge in [0.15, 0.2) is 0 Å². The molecule has 116 valence electrons. The van der Waals surface area contributed by atoms with Crippen molar-refractivity contribution >= 4 is 28.9 Å². The second-order valence-electron chi connectivity index (χ2n) is 5.77. The molecule has 1 atom stereocenters. The standard InChI is InChI=1S/C14H19ClN2O4/c1-14(2)7-17(5-9(6-18)21-14)12-10(13(19)20)3-8(16)4-11(12)15/h3-4,9,18H,5-7,16H2,1-2H3,(H,19,20). The van der Waals surface area contributed by atoms with Gasteiger partial charge in [0.05, 0.1) is 34.6 Å². The van der Waals surface area contributed by atoms with Gasteiger partial charge < -0.3 is 25.6 Å². The van der Waals surface area contributed by atoms with Crippen LogP contribution in [0.3, 0.4) is 0 Å². The number of hydrogen-bond donors (Lipinski definition) is 3. The summed E-state index contributed by atoms with van der Waals surface area (Å²) >= 11 is 6.21. The zero-order valence-corrected chi connectivity index (χ0v) is 12.7. The summed E-state index contributed by atoms with van der Waals surface area (Å²) in [5.41, 5.74) is 5.91. The Morgan fingerprint density at radius 1 is 1.57 bits per heavy atom. The predicted molar refractivity (Wildman–Crippen MR) is 81.1 cm³/mol. The van der Waals surface area contributed by atoms with Gasteiger partial charge in [-0.05, 0) is 26.0 Å². The van der Waals surface area contributed by atoms with Crippen molar-refractivity contribution in [3.05, 3.63) is 22.7 Å². The van der Waals surface area contributed by atoms with E-state index in [1.165, 1.54) is 12.1 Å². The second-order valence-corrected chi connectivity index (χ2v) is 6.17. The van der Waals surface area contributed by atoms with Crippen molar-refractivity contribution in [2.75, 3.05) is 30.3 Å². The molecule has 0 bridgehead atoms. The fourth-order valence-corrected chi connectivity index (χ4v) is 3.01. The van der Waals surface area contributed by atoms with Crippen LogP contribution in [0.1, 0.15) is 24.2 Å². The molecule has 1 unspecified atom stereocenters. The third-order valence-electron chi connectivity index (χ3n) is 3.32. The van der Waals surface area contributed by atoms with Crippen LogP contribution >= 0.6 is 11.6 Å². The summed E-state index contributed by atoms with van der Waals surface area (Å²) in [6, 6.07) is 2.92. The maximum Gasteiger partial charge on any atom is 0.337 e. The first-order valence-electron chi connectivity index (χ1n) is 6.59. The number of nitrogens with two attached hydrogens (primary N) is 1. The number of halogens is 1. The van der Waals surface area contributed by atoms with E-state index in [0.717, 1.165) is 0 Å². The lowest BCUT2D eigenvalue weighted by atomic mass is 10.0. The van der Waals surface area contributed by atoms with E-state index in [1.54, 1.807) is 0 Å². The molecule has 2 rings (SSSR count). The molecule has 0 aromatic heterocycles. The van der Waals surface area contributed by atoms with Crippen molar-refractivity contribution in [1.29, 1.82) is 0 Å². The SMILES string of the molecule is CC1(C)CN(c2c(Cl)cc(N)cc2C(=O)O)CC(CO)O1. The van der Waals surface area contributed by atoms with Crippen LogP contribution in [0, 0.1) is 0 Å². The minimum Gasteiger partial charge on any atom is -0.478 e. The highest BCUT2D eigenvalue weighted by Crippen LogP contribution is 2.36. The van der Waals surface area contributed by atoms with Crippen LogP contribution in [0.2, 0.25) is 5.02 Å². The number of nitrogens with zero attached hydrogens (tertiary/aromatic N) is 1. The van der Waals surface area contributed by atoms with E-state index in [-0.39, 0.29) is 17.2 Å². The Labute approximate surface area is 128 Å². The summed E-state index contributed by atoms with van der Waals surface area (Å²) in [6.45, 7) is 4.45. The quantitative estimate of drug-likeness (QED) is 0.733. The van der Waals surface area contributed by atoms with Crippen LogP contribution in [0.15, 0.2) is 12.1 Å². The smallest absolute Gasteiger partial charge is 0.337 e. The molecule has 0 saturated carbocycles. The van der Waals surface area contributed by atoms with Crippen LogP contribution in [0.25, 0.3) is 0 Å². The van der Waals surface area contributed by atoms with Crippen LogP contribution in [0.5, 0.6) is 0 Å². The van der Waals surface area contributed by atoms with Gasteiger partial charge in [0.25, 0.3) is 0 Å². The fourth-order valence-electron chi connectivity index (χ4n) is 2.67. The average molecular weight is 315 g/mol. The van der Waals surface area contributed by atoms with E-state index in [0.29, 0.717) is 24.5 Å². The Morgan fingerprint density at radius 3 is 2.81 bits per heavy atom. The number of aliphatic hydroxyl groups excluding tert-OH is 1. The number of carboxylic acid groups (broad SMARTS) is 1. The van der Waals surface area contributed by atoms with Crippen molar-refractivity contribution < 1.29 is 19.7 Å². The molecular weight excluding hydrogens is 296 g/mol. The Hall–Kier alpha value is -1.50. The Bertz CT molecular complexity index is 562. The molecule has 0 amide bonds. The maximum atomic E-state index is 11.5. The second kappa shape index (κ2) is 5.71. The number of morpholine rings is 1. The van der Waals surface area contributed by atoms with Gasteiger partial charge >= 0.3 is 5.97 Å². The van der Waals surface area contributed by atoms with Gasteiger partial charge in [0, 0.05) is 18.8 Å². The summed E-state index contributed by atoms with van der Waals surface area (Å²) in [5.74, 6) is -1.09. The predicted octanol–water partition coefficient (Wildman–Crippen LogP) is 1.60. The average Bonchev–Trinajstić information content (AvgIpc) is 2.35. The Kier molecular flexibility index (Phi) is 4.32. The van der Waals surface area contributed by atoms with Crippen LogP contribution in [0.4, 0.5) is 11.4 Å². The molecular formula is C14H19ClN2O4. The number of benzene rings is 1. The lowest BCUT2D eigenvalue weighted by Gasteiger charge is -2.44. The first kappa shape index (κ1) is 15.9. The van der Waals surface area contributed by atoms with Gasteiger partial charge in [0.2, 0.25) is 0 Å². The molecule has 0 spiro atoms. The Balaban J connectivity index is 2.47. The highest BCUT2D eigenvalue weighted by molar-refractivity contribution is 6.34. The number of carboxylic acids is 1. The first-order chi connectivity index (χ1) is 9.73. The molecule has 21 heavy (non-hydrogen) atoms. The fraction of sp³-hybridized carbons (Fsp3) is 0.500. The largest absolute Gasteiger partial charge is 0.478 e. The first-order valence-corrected chi connectivity index (χ1v) is 6.97. The summed E-state index contributed by atoms with van der Waals surface area (Å²) in [7, 11) is 0. The number of rotatable bonds is 3. The normalized spacial score (nSPS) is 21.3. The summed E-state index contributed by atoms with van der Waals surface area (Å²) in [4.78, 5) is 13.3. The number of aliphatic hydroxyl groups is 1. The molecule has 1 aliphatic rings. The summed E-state index contributed by atoms with van der Waals surface area (Å²) in [5, 5.41) is 19.0. The molecule has 1 aromatic rings. The maximum absolute atomic E-state index is 11.5. The van der Waals surface area contributed by atoms with Crippen molar-refractivity contribution in [3.8, 4) is 0 Å². The number of anilines is 2. The van der Waals surface area contributed by atoms with E-state index >= 15 is 0 Å². The summed E-state index contributed by atoms with van der Waals surface area (Å²) < 4.78 is 5.73. The number of aromatic carboxylic acids is 1. The van der Waals surface area contributed by atoms with Gasteiger partial charge in [-0.25, -0.2) is 4.79 Å². The molecule has 7 heteroatoms. The monoisotopic (exact) mass is 314 g/mol. The molecule has 0 aliphatic carbocycles. The van der Waals surface area contributed by atoms with Gasteiger partial charge in [-0.1, -0.05) is 11.6 Å². The minimum atomic E-state index is -1.09. The van der Waals surface area contributed by atoms with Crippen LogP contribution < -0.4 is 10.6 Å². The van der Waals surface area contributed by atoms with Gasteiger partial charge in [-0.2, -0.15) is 0 Å². The molecule has 1 aliphatic heterocycles. The highest BCUT2D eigenvalue weighted by atomic mass is 35.5. The van der Waals surface area contributed by atoms with E-state index in [1.807, 2.05) is 18.7 Å². The van der Waals surface area contributed by atoms with Crippen molar-refractivity contribution in [2.45, 2.75) is 25.6 Å². The van der Waals surface area contributed by atoms with Crippen LogP contribution in [-0.4, -0.2) is 47.6 Å². The highest BCUT2D eigenvalue weighted by Gasteiger charge is 2.35. The molecule has 1 fully saturated rings. The molecule has 0 radical (unpaired) electrons. The van der Waals surface area contributed by atoms with Gasteiger partial charge in [-0.3, -0.25) is 0 Å². The van der Waals surface area contributed by atoms with E-state index < -0.39 is 17.7 Å². The van der Waals surface area contributed by atoms with Crippen molar-refractivity contribution in [1.82, 2.24) is 0 Å². The van der Waals surface area contributed by atoms with Crippen molar-refractivity contribution in [2.24, 2.45) is 0 Å². The summed E-state index contributed by atoms with van der Waals surface area (Å²) in [6.07, 6.45) is -0.399. The van der Waals surface area contributed by atoms with Crippen LogP contribution in [-0.2, 0) is 4.74 Å². The zero-order valence-electron chi connectivity index (χ0n) is 12.0. The molecule has 6 nitrogen and oxygen atoms in total. The number of nitrogen functional groups attached to an aromatic ring is 1. The third-order valence-corrected chi connectivity index (χ3v) is 3.61. The number of carbonyl (C=O) groups is 1. The van der Waals surface area contributed by atoms with Gasteiger partial charge in [-0.15, -0.1) is 0 Å². The number of hydrogen-bond acceptors (Lipinski definition) is 5. The lowest BCUT2D eigenvalue weighted by molar-refractivity contribution is -0.101. The molecule has 4 N–H and O–H groups in total. The lowest BCUT2D eigenvalue weighted by Crippen LogP contribution is -2.54. The van der Waals surface area contributed by atoms with E-state index in [4.69, 9.17) is 22.1 Å². The topological polar surface area (TPSA) is 96.0 Å². The van der Waals surface area contributed by atoms with Gasteiger partial charge in [0.1, 0.15) is 0 Å². The Morgan fingerprint density at radius 2 is 2.24 bits per heavy atom. The molecule has 1 saturated heterocycles. The molecule has 1 aromatic carbocycles. The zero-order chi connectivity index (χ0) is 15.8. The van der Waals surface area contributed by atoms with Crippen molar-refractivity contribution in [3.63, 3.8) is 0 Å². The number of ether oxygens (including phenoxy) is 1. The van der Waals surface area contributed by atoms with E-state index in [2.05, 4.69) is 0 Å². The molecule has 1 heterocycles. The van der Waals surface area contributed by atoms with E-state index in [9.17, 15) is 15.0 Å².